The number of aromatic nitrogens is 2. The SMILES string of the molecule is CCc1nc(C)c(C(=O)NCc2cccc(OCc3ccccn3)c2)s1. The Labute approximate surface area is 157 Å². The van der Waals surface area contributed by atoms with Crippen molar-refractivity contribution in [3.8, 4) is 5.75 Å². The highest BCUT2D eigenvalue weighted by molar-refractivity contribution is 7.13. The summed E-state index contributed by atoms with van der Waals surface area (Å²) in [6.45, 7) is 4.77. The van der Waals surface area contributed by atoms with Crippen LogP contribution in [-0.2, 0) is 19.6 Å². The predicted molar refractivity (Wildman–Crippen MR) is 102 cm³/mol. The first-order chi connectivity index (χ1) is 12.7. The first kappa shape index (κ1) is 18.1. The van der Waals surface area contributed by atoms with Gasteiger partial charge in [0.05, 0.1) is 16.4 Å². The van der Waals surface area contributed by atoms with E-state index in [1.807, 2.05) is 56.3 Å². The van der Waals surface area contributed by atoms with Crippen LogP contribution in [0.15, 0.2) is 48.7 Å². The Kier molecular flexibility index (Phi) is 5.96. The minimum absolute atomic E-state index is 0.0838. The Hall–Kier alpha value is -2.73. The highest BCUT2D eigenvalue weighted by Gasteiger charge is 2.14. The standard InChI is InChI=1S/C20H21N3O2S/c1-3-18-23-14(2)19(26-18)20(24)22-12-15-7-6-9-17(11-15)25-13-16-8-4-5-10-21-16/h4-11H,3,12-13H2,1-2H3,(H,22,24). The molecule has 3 rings (SSSR count). The number of carbonyl (C=O) groups excluding carboxylic acids is 1. The third-order valence-electron chi connectivity index (χ3n) is 3.81. The number of benzene rings is 1. The Morgan fingerprint density at radius 3 is 2.85 bits per heavy atom. The number of hydrogen-bond acceptors (Lipinski definition) is 5. The second-order valence-electron chi connectivity index (χ2n) is 5.82. The normalized spacial score (nSPS) is 10.5. The molecule has 1 aromatic carbocycles. The maximum Gasteiger partial charge on any atom is 0.263 e. The van der Waals surface area contributed by atoms with Gasteiger partial charge in [0.2, 0.25) is 0 Å². The number of pyridine rings is 1. The average molecular weight is 367 g/mol. The zero-order valence-corrected chi connectivity index (χ0v) is 15.7. The number of nitrogens with one attached hydrogen (secondary N) is 1. The lowest BCUT2D eigenvalue weighted by atomic mass is 10.2. The van der Waals surface area contributed by atoms with E-state index >= 15 is 0 Å². The molecule has 0 spiro atoms. The molecule has 0 saturated carbocycles. The van der Waals surface area contributed by atoms with E-state index in [0.29, 0.717) is 18.0 Å². The Bertz CT molecular complexity index is 878. The molecule has 0 aliphatic rings. The number of aryl methyl sites for hydroxylation is 2. The van der Waals surface area contributed by atoms with E-state index in [0.717, 1.165) is 34.1 Å². The zero-order chi connectivity index (χ0) is 18.4. The quantitative estimate of drug-likeness (QED) is 0.687. The van der Waals surface area contributed by atoms with E-state index in [1.54, 1.807) is 6.20 Å². The molecule has 2 aromatic heterocycles. The van der Waals surface area contributed by atoms with Gasteiger partial charge in [0.1, 0.15) is 17.2 Å². The van der Waals surface area contributed by atoms with Gasteiger partial charge >= 0.3 is 0 Å². The van der Waals surface area contributed by atoms with E-state index in [4.69, 9.17) is 4.74 Å². The molecule has 0 unspecified atom stereocenters. The van der Waals surface area contributed by atoms with Crippen LogP contribution in [-0.4, -0.2) is 15.9 Å². The van der Waals surface area contributed by atoms with Crippen LogP contribution in [0.3, 0.4) is 0 Å². The minimum atomic E-state index is -0.0838. The van der Waals surface area contributed by atoms with Crippen molar-refractivity contribution in [2.24, 2.45) is 0 Å². The van der Waals surface area contributed by atoms with Gasteiger partial charge in [-0.2, -0.15) is 0 Å². The number of amides is 1. The summed E-state index contributed by atoms with van der Waals surface area (Å²) in [5.74, 6) is 0.671. The molecule has 6 heteroatoms. The number of nitrogens with zero attached hydrogens (tertiary/aromatic N) is 2. The summed E-state index contributed by atoms with van der Waals surface area (Å²) in [4.78, 5) is 21.7. The van der Waals surface area contributed by atoms with E-state index < -0.39 is 0 Å². The second-order valence-corrected chi connectivity index (χ2v) is 6.90. The van der Waals surface area contributed by atoms with Gasteiger partial charge in [-0.25, -0.2) is 4.98 Å². The third-order valence-corrected chi connectivity index (χ3v) is 5.11. The topological polar surface area (TPSA) is 64.1 Å². The molecule has 0 atom stereocenters. The molecule has 2 heterocycles. The highest BCUT2D eigenvalue weighted by atomic mass is 32.1. The third kappa shape index (κ3) is 4.67. The van der Waals surface area contributed by atoms with Gasteiger partial charge < -0.3 is 10.1 Å². The van der Waals surface area contributed by atoms with Crippen LogP contribution in [0.5, 0.6) is 5.75 Å². The van der Waals surface area contributed by atoms with Crippen LogP contribution in [0, 0.1) is 6.92 Å². The van der Waals surface area contributed by atoms with Crippen molar-refractivity contribution < 1.29 is 9.53 Å². The van der Waals surface area contributed by atoms with Crippen molar-refractivity contribution in [1.82, 2.24) is 15.3 Å². The Morgan fingerprint density at radius 2 is 2.12 bits per heavy atom. The maximum absolute atomic E-state index is 12.4. The van der Waals surface area contributed by atoms with Gasteiger partial charge in [-0.1, -0.05) is 25.1 Å². The lowest BCUT2D eigenvalue weighted by Crippen LogP contribution is -2.22. The molecular weight excluding hydrogens is 346 g/mol. The second kappa shape index (κ2) is 8.58. The molecule has 1 amide bonds. The molecule has 134 valence electrons. The van der Waals surface area contributed by atoms with Crippen molar-refractivity contribution in [3.63, 3.8) is 0 Å². The number of ether oxygens (including phenoxy) is 1. The maximum atomic E-state index is 12.4. The van der Waals surface area contributed by atoms with Crippen molar-refractivity contribution in [2.75, 3.05) is 0 Å². The molecule has 0 bridgehead atoms. The lowest BCUT2D eigenvalue weighted by molar-refractivity contribution is 0.0954. The smallest absolute Gasteiger partial charge is 0.263 e. The summed E-state index contributed by atoms with van der Waals surface area (Å²) in [6.07, 6.45) is 2.59. The fourth-order valence-electron chi connectivity index (χ4n) is 2.46. The van der Waals surface area contributed by atoms with Crippen LogP contribution in [0.4, 0.5) is 0 Å². The number of thiazole rings is 1. The van der Waals surface area contributed by atoms with Gasteiger partial charge in [-0.3, -0.25) is 9.78 Å². The summed E-state index contributed by atoms with van der Waals surface area (Å²) in [5, 5.41) is 3.94. The van der Waals surface area contributed by atoms with Crippen molar-refractivity contribution in [1.29, 1.82) is 0 Å². The highest BCUT2D eigenvalue weighted by Crippen LogP contribution is 2.19. The van der Waals surface area contributed by atoms with E-state index in [2.05, 4.69) is 15.3 Å². The van der Waals surface area contributed by atoms with Crippen molar-refractivity contribution in [2.45, 2.75) is 33.4 Å². The molecule has 1 N–H and O–H groups in total. The first-order valence-corrected chi connectivity index (χ1v) is 9.33. The summed E-state index contributed by atoms with van der Waals surface area (Å²) in [5.41, 5.74) is 2.64. The van der Waals surface area contributed by atoms with Gasteiger partial charge in [0.25, 0.3) is 5.91 Å². The van der Waals surface area contributed by atoms with Crippen LogP contribution >= 0.6 is 11.3 Å². The molecule has 0 saturated heterocycles. The molecule has 0 aliphatic heterocycles. The molecule has 5 nitrogen and oxygen atoms in total. The van der Waals surface area contributed by atoms with Crippen LogP contribution in [0.2, 0.25) is 0 Å². The predicted octanol–water partition coefficient (Wildman–Crippen LogP) is 3.92. The van der Waals surface area contributed by atoms with E-state index in [1.165, 1.54) is 11.3 Å². The zero-order valence-electron chi connectivity index (χ0n) is 14.9. The Balaban J connectivity index is 1.58. The number of hydrogen-bond donors (Lipinski definition) is 1. The fraction of sp³-hybridized carbons (Fsp3) is 0.250. The average Bonchev–Trinajstić information content (AvgIpc) is 3.06. The van der Waals surface area contributed by atoms with Crippen LogP contribution in [0.1, 0.15) is 38.6 Å². The molecular formula is C20H21N3O2S. The molecule has 0 fully saturated rings. The fourth-order valence-corrected chi connectivity index (χ4v) is 3.38. The van der Waals surface area contributed by atoms with Crippen molar-refractivity contribution in [3.05, 3.63) is 75.5 Å². The van der Waals surface area contributed by atoms with E-state index in [9.17, 15) is 4.79 Å². The summed E-state index contributed by atoms with van der Waals surface area (Å²) < 4.78 is 5.78. The van der Waals surface area contributed by atoms with Gasteiger partial charge in [-0.15, -0.1) is 11.3 Å². The molecule has 3 aromatic rings. The summed E-state index contributed by atoms with van der Waals surface area (Å²) in [7, 11) is 0. The summed E-state index contributed by atoms with van der Waals surface area (Å²) >= 11 is 1.46. The first-order valence-electron chi connectivity index (χ1n) is 8.52. The number of carbonyl (C=O) groups is 1. The minimum Gasteiger partial charge on any atom is -0.487 e. The molecule has 0 aliphatic carbocycles. The Morgan fingerprint density at radius 1 is 1.23 bits per heavy atom. The lowest BCUT2D eigenvalue weighted by Gasteiger charge is -2.08. The summed E-state index contributed by atoms with van der Waals surface area (Å²) in [6, 6.07) is 13.4. The number of rotatable bonds is 7. The van der Waals surface area contributed by atoms with Gasteiger partial charge in [0, 0.05) is 12.7 Å². The van der Waals surface area contributed by atoms with Crippen LogP contribution < -0.4 is 10.1 Å². The van der Waals surface area contributed by atoms with Crippen molar-refractivity contribution >= 4 is 17.2 Å². The van der Waals surface area contributed by atoms with Crippen LogP contribution in [0.25, 0.3) is 0 Å². The largest absolute Gasteiger partial charge is 0.487 e. The monoisotopic (exact) mass is 367 g/mol. The van der Waals surface area contributed by atoms with Gasteiger partial charge in [-0.05, 0) is 43.2 Å². The van der Waals surface area contributed by atoms with Gasteiger partial charge in [0.15, 0.2) is 0 Å². The van der Waals surface area contributed by atoms with E-state index in [-0.39, 0.29) is 5.91 Å². The molecule has 26 heavy (non-hydrogen) atoms. The molecule has 0 radical (unpaired) electrons.